The van der Waals surface area contributed by atoms with E-state index in [1.165, 1.54) is 0 Å². The maximum absolute atomic E-state index is 12.5. The van der Waals surface area contributed by atoms with Crippen LogP contribution in [0.25, 0.3) is 11.3 Å². The number of urea groups is 1. The van der Waals surface area contributed by atoms with Gasteiger partial charge in [0.15, 0.2) is 0 Å². The first-order valence-corrected chi connectivity index (χ1v) is 9.18. The predicted octanol–water partition coefficient (Wildman–Crippen LogP) is 3.79. The Kier molecular flexibility index (Phi) is 6.41. The highest BCUT2D eigenvalue weighted by Gasteiger charge is 2.10. The van der Waals surface area contributed by atoms with Gasteiger partial charge >= 0.3 is 6.03 Å². The Morgan fingerprint density at radius 1 is 1.00 bits per heavy atom. The molecule has 1 aromatic heterocycles. The Morgan fingerprint density at radius 2 is 1.79 bits per heavy atom. The number of H-pyrrole nitrogens is 1. The van der Waals surface area contributed by atoms with Crippen molar-refractivity contribution in [2.45, 2.75) is 19.8 Å². The number of carbonyl (C=O) groups is 2. The van der Waals surface area contributed by atoms with Crippen LogP contribution in [0.2, 0.25) is 0 Å². The quantitative estimate of drug-likeness (QED) is 0.504. The summed E-state index contributed by atoms with van der Waals surface area (Å²) in [6, 6.07) is 16.4. The van der Waals surface area contributed by atoms with Crippen LogP contribution >= 0.6 is 0 Å². The minimum absolute atomic E-state index is 0.117. The van der Waals surface area contributed by atoms with E-state index in [1.54, 1.807) is 18.3 Å². The zero-order valence-corrected chi connectivity index (χ0v) is 15.7. The molecule has 3 amide bonds. The average molecular weight is 377 g/mol. The van der Waals surface area contributed by atoms with Crippen LogP contribution in [0.4, 0.5) is 16.2 Å². The Morgan fingerprint density at radius 3 is 2.50 bits per heavy atom. The molecule has 0 aliphatic heterocycles. The van der Waals surface area contributed by atoms with Crippen LogP contribution in [0.3, 0.4) is 0 Å². The number of hydrogen-bond acceptors (Lipinski definition) is 3. The normalized spacial score (nSPS) is 10.3. The van der Waals surface area contributed by atoms with Gasteiger partial charge in [0, 0.05) is 24.0 Å². The van der Waals surface area contributed by atoms with Crippen molar-refractivity contribution in [3.8, 4) is 11.3 Å². The molecule has 0 atom stereocenters. The molecule has 0 spiro atoms. The van der Waals surface area contributed by atoms with Crippen molar-refractivity contribution in [1.82, 2.24) is 15.5 Å². The third kappa shape index (κ3) is 5.20. The molecule has 0 aliphatic rings. The van der Waals surface area contributed by atoms with E-state index in [2.05, 4.69) is 26.1 Å². The van der Waals surface area contributed by atoms with Crippen molar-refractivity contribution in [2.75, 3.05) is 17.2 Å². The number of para-hydroxylation sites is 1. The highest BCUT2D eigenvalue weighted by Crippen LogP contribution is 2.25. The summed E-state index contributed by atoms with van der Waals surface area (Å²) in [5.41, 5.74) is 3.99. The number of aromatic nitrogens is 2. The van der Waals surface area contributed by atoms with Crippen LogP contribution in [-0.4, -0.2) is 28.7 Å². The summed E-state index contributed by atoms with van der Waals surface area (Å²) in [5, 5.41) is 15.3. The van der Waals surface area contributed by atoms with Gasteiger partial charge in [0.2, 0.25) is 5.91 Å². The molecule has 2 aromatic carbocycles. The maximum Gasteiger partial charge on any atom is 0.319 e. The van der Waals surface area contributed by atoms with E-state index in [0.29, 0.717) is 12.2 Å². The fourth-order valence-electron chi connectivity index (χ4n) is 2.73. The Balaban J connectivity index is 1.59. The van der Waals surface area contributed by atoms with Crippen molar-refractivity contribution >= 4 is 23.3 Å². The van der Waals surface area contributed by atoms with Crippen LogP contribution in [0.1, 0.15) is 18.9 Å². The second-order valence-corrected chi connectivity index (χ2v) is 6.32. The molecule has 0 fully saturated rings. The van der Waals surface area contributed by atoms with E-state index >= 15 is 0 Å². The van der Waals surface area contributed by atoms with Crippen LogP contribution in [0, 0.1) is 0 Å². The third-order valence-corrected chi connectivity index (χ3v) is 4.10. The standard InChI is InChI=1S/C21H23N5O2/c1-2-12-22-21(28)24-16-9-7-15(8-10-16)14-20(27)25-18-6-4-3-5-17(18)19-11-13-23-26-19/h3-11,13H,2,12,14H2,1H3,(H,23,26)(H,25,27)(H2,22,24,28). The zero-order chi connectivity index (χ0) is 19.8. The zero-order valence-electron chi connectivity index (χ0n) is 15.7. The summed E-state index contributed by atoms with van der Waals surface area (Å²) in [6.07, 6.45) is 2.79. The summed E-state index contributed by atoms with van der Waals surface area (Å²) in [5.74, 6) is -0.117. The third-order valence-electron chi connectivity index (χ3n) is 4.10. The summed E-state index contributed by atoms with van der Waals surface area (Å²) < 4.78 is 0. The molecule has 3 rings (SSSR count). The van der Waals surface area contributed by atoms with Gasteiger partial charge in [-0.05, 0) is 36.2 Å². The van der Waals surface area contributed by atoms with Gasteiger partial charge in [-0.15, -0.1) is 0 Å². The number of benzene rings is 2. The number of rotatable bonds is 7. The van der Waals surface area contributed by atoms with E-state index < -0.39 is 0 Å². The molecule has 0 saturated heterocycles. The van der Waals surface area contributed by atoms with Gasteiger partial charge in [0.25, 0.3) is 0 Å². The van der Waals surface area contributed by atoms with Crippen molar-refractivity contribution in [1.29, 1.82) is 0 Å². The van der Waals surface area contributed by atoms with Crippen molar-refractivity contribution in [2.24, 2.45) is 0 Å². The summed E-state index contributed by atoms with van der Waals surface area (Å²) in [4.78, 5) is 24.1. The lowest BCUT2D eigenvalue weighted by atomic mass is 10.1. The first-order chi connectivity index (χ1) is 13.7. The number of nitrogens with zero attached hydrogens (tertiary/aromatic N) is 1. The molecule has 0 unspecified atom stereocenters. The highest BCUT2D eigenvalue weighted by molar-refractivity contribution is 5.96. The molecule has 28 heavy (non-hydrogen) atoms. The van der Waals surface area contributed by atoms with Gasteiger partial charge in [0.1, 0.15) is 0 Å². The van der Waals surface area contributed by atoms with Crippen LogP contribution in [0.15, 0.2) is 60.8 Å². The average Bonchev–Trinajstić information content (AvgIpc) is 3.23. The summed E-state index contributed by atoms with van der Waals surface area (Å²) >= 11 is 0. The minimum Gasteiger partial charge on any atom is -0.338 e. The molecule has 7 nitrogen and oxygen atoms in total. The molecule has 3 aromatic rings. The molecule has 0 saturated carbocycles. The fraction of sp³-hybridized carbons (Fsp3) is 0.190. The number of anilines is 2. The Bertz CT molecular complexity index is 920. The van der Waals surface area contributed by atoms with E-state index in [-0.39, 0.29) is 18.4 Å². The van der Waals surface area contributed by atoms with E-state index in [1.807, 2.05) is 49.4 Å². The molecule has 1 heterocycles. The number of nitrogens with one attached hydrogen (secondary N) is 4. The first-order valence-electron chi connectivity index (χ1n) is 9.18. The van der Waals surface area contributed by atoms with Gasteiger partial charge < -0.3 is 16.0 Å². The number of aromatic amines is 1. The SMILES string of the molecule is CCCNC(=O)Nc1ccc(CC(=O)Nc2ccccc2-c2ccn[nH]2)cc1. The van der Waals surface area contributed by atoms with Crippen LogP contribution < -0.4 is 16.0 Å². The van der Waals surface area contributed by atoms with E-state index in [4.69, 9.17) is 0 Å². The van der Waals surface area contributed by atoms with Crippen molar-refractivity contribution < 1.29 is 9.59 Å². The lowest BCUT2D eigenvalue weighted by Gasteiger charge is -2.10. The van der Waals surface area contributed by atoms with Gasteiger partial charge in [-0.1, -0.05) is 37.3 Å². The second kappa shape index (κ2) is 9.36. The summed E-state index contributed by atoms with van der Waals surface area (Å²) in [7, 11) is 0. The minimum atomic E-state index is -0.234. The second-order valence-electron chi connectivity index (χ2n) is 6.32. The molecular formula is C21H23N5O2. The number of amides is 3. The Labute approximate surface area is 163 Å². The molecule has 7 heteroatoms. The van der Waals surface area contributed by atoms with Gasteiger partial charge in [-0.2, -0.15) is 5.10 Å². The molecule has 0 aliphatic carbocycles. The molecular weight excluding hydrogens is 354 g/mol. The number of carbonyl (C=O) groups excluding carboxylic acids is 2. The van der Waals surface area contributed by atoms with E-state index in [9.17, 15) is 9.59 Å². The van der Waals surface area contributed by atoms with Crippen LogP contribution in [-0.2, 0) is 11.2 Å². The van der Waals surface area contributed by atoms with Gasteiger partial charge in [-0.25, -0.2) is 4.79 Å². The lowest BCUT2D eigenvalue weighted by molar-refractivity contribution is -0.115. The molecule has 144 valence electrons. The summed E-state index contributed by atoms with van der Waals surface area (Å²) in [6.45, 7) is 2.62. The topological polar surface area (TPSA) is 98.9 Å². The predicted molar refractivity (Wildman–Crippen MR) is 110 cm³/mol. The highest BCUT2D eigenvalue weighted by atomic mass is 16.2. The first kappa shape index (κ1) is 19.2. The van der Waals surface area contributed by atoms with Crippen molar-refractivity contribution in [3.05, 3.63) is 66.4 Å². The monoisotopic (exact) mass is 377 g/mol. The largest absolute Gasteiger partial charge is 0.338 e. The molecule has 0 bridgehead atoms. The molecule has 4 N–H and O–H groups in total. The lowest BCUT2D eigenvalue weighted by Crippen LogP contribution is -2.29. The molecule has 0 radical (unpaired) electrons. The van der Waals surface area contributed by atoms with Crippen LogP contribution in [0.5, 0.6) is 0 Å². The van der Waals surface area contributed by atoms with Gasteiger partial charge in [0.05, 0.1) is 17.8 Å². The fourth-order valence-corrected chi connectivity index (χ4v) is 2.73. The maximum atomic E-state index is 12.5. The number of hydrogen-bond donors (Lipinski definition) is 4. The smallest absolute Gasteiger partial charge is 0.319 e. The van der Waals surface area contributed by atoms with E-state index in [0.717, 1.165) is 28.9 Å². The van der Waals surface area contributed by atoms with Crippen molar-refractivity contribution in [3.63, 3.8) is 0 Å². The van der Waals surface area contributed by atoms with Gasteiger partial charge in [-0.3, -0.25) is 9.89 Å². The Hall–Kier alpha value is -3.61.